The van der Waals surface area contributed by atoms with Gasteiger partial charge in [-0.1, -0.05) is 18.2 Å². The summed E-state index contributed by atoms with van der Waals surface area (Å²) in [4.78, 5) is 18.7. The second-order valence-corrected chi connectivity index (χ2v) is 6.98. The molecule has 0 saturated heterocycles. The van der Waals surface area contributed by atoms with Crippen LogP contribution in [0.5, 0.6) is 0 Å². The molecule has 0 spiro atoms. The fourth-order valence-corrected chi connectivity index (χ4v) is 3.94. The summed E-state index contributed by atoms with van der Waals surface area (Å²) in [6, 6.07) is 11.5. The van der Waals surface area contributed by atoms with Gasteiger partial charge in [-0.05, 0) is 42.5 Å². The number of carbonyl (C=O) groups excluding carboxylic acids is 1. The van der Waals surface area contributed by atoms with E-state index in [9.17, 15) is 4.79 Å². The zero-order valence-electron chi connectivity index (χ0n) is 12.6. The summed E-state index contributed by atoms with van der Waals surface area (Å²) in [5.41, 5.74) is 2.52. The molecule has 0 atom stereocenters. The third-order valence-electron chi connectivity index (χ3n) is 3.35. The van der Waals surface area contributed by atoms with E-state index >= 15 is 0 Å². The molecule has 0 aliphatic rings. The quantitative estimate of drug-likeness (QED) is 0.736. The number of thiophene rings is 1. The third-order valence-corrected chi connectivity index (χ3v) is 5.54. The molecule has 3 aromatic rings. The van der Waals surface area contributed by atoms with Crippen LogP contribution in [0.1, 0.15) is 20.9 Å². The summed E-state index contributed by atoms with van der Waals surface area (Å²) in [6.45, 7) is 1.98. The summed E-state index contributed by atoms with van der Waals surface area (Å²) in [5, 5.41) is 14.7. The fraction of sp³-hybridized carbons (Fsp3) is 0.176. The summed E-state index contributed by atoms with van der Waals surface area (Å²) in [5.74, 6) is -0.141. The molecule has 0 unspecified atom stereocenters. The van der Waals surface area contributed by atoms with Gasteiger partial charge in [-0.2, -0.15) is 0 Å². The van der Waals surface area contributed by atoms with Crippen molar-refractivity contribution in [1.29, 1.82) is 0 Å². The van der Waals surface area contributed by atoms with Gasteiger partial charge in [0, 0.05) is 12.3 Å². The molecule has 0 radical (unpaired) electrons. The van der Waals surface area contributed by atoms with Gasteiger partial charge in [-0.15, -0.1) is 22.7 Å². The standard InChI is InChI=1S/C17H16N2O2S2/c1-11-15(23-17(18-11)14-3-2-10-22-14)16(21)19-13-6-4-12(5-7-13)8-9-20/h2-7,10,20H,8-9H2,1H3,(H,19,21). The Bertz CT molecular complexity index is 793. The molecule has 0 fully saturated rings. The minimum absolute atomic E-state index is 0.122. The van der Waals surface area contributed by atoms with Crippen molar-refractivity contribution in [1.82, 2.24) is 4.98 Å². The van der Waals surface area contributed by atoms with E-state index in [0.29, 0.717) is 11.3 Å². The zero-order chi connectivity index (χ0) is 16.2. The molecule has 0 bridgehead atoms. The topological polar surface area (TPSA) is 62.2 Å². The number of aromatic nitrogens is 1. The molecule has 1 amide bonds. The molecule has 23 heavy (non-hydrogen) atoms. The molecule has 3 rings (SSSR count). The molecule has 6 heteroatoms. The molecule has 0 aliphatic heterocycles. The Kier molecular flexibility index (Phi) is 4.85. The fourth-order valence-electron chi connectivity index (χ4n) is 2.18. The Hall–Kier alpha value is -2.02. The number of hydrogen-bond donors (Lipinski definition) is 2. The lowest BCUT2D eigenvalue weighted by atomic mass is 10.1. The minimum atomic E-state index is -0.141. The number of nitrogens with one attached hydrogen (secondary N) is 1. The van der Waals surface area contributed by atoms with Crippen LogP contribution in [0.3, 0.4) is 0 Å². The number of rotatable bonds is 5. The number of nitrogens with zero attached hydrogens (tertiary/aromatic N) is 1. The summed E-state index contributed by atoms with van der Waals surface area (Å²) in [6.07, 6.45) is 0.617. The molecule has 0 saturated carbocycles. The molecule has 0 aliphatic carbocycles. The van der Waals surface area contributed by atoms with E-state index in [1.54, 1.807) is 11.3 Å². The van der Waals surface area contributed by atoms with Gasteiger partial charge in [0.1, 0.15) is 9.88 Å². The Morgan fingerprint density at radius 1 is 1.26 bits per heavy atom. The first-order chi connectivity index (χ1) is 11.2. The normalized spacial score (nSPS) is 10.7. The number of thiazole rings is 1. The first-order valence-corrected chi connectivity index (χ1v) is 8.89. The number of aliphatic hydroxyl groups is 1. The van der Waals surface area contributed by atoms with Crippen LogP contribution >= 0.6 is 22.7 Å². The maximum absolute atomic E-state index is 12.5. The monoisotopic (exact) mass is 344 g/mol. The van der Waals surface area contributed by atoms with Crippen molar-refractivity contribution >= 4 is 34.3 Å². The molecule has 2 N–H and O–H groups in total. The number of aryl methyl sites for hydroxylation is 1. The van der Waals surface area contributed by atoms with E-state index < -0.39 is 0 Å². The molecule has 118 valence electrons. The highest BCUT2D eigenvalue weighted by Crippen LogP contribution is 2.31. The van der Waals surface area contributed by atoms with Crippen molar-refractivity contribution in [3.05, 3.63) is 57.9 Å². The van der Waals surface area contributed by atoms with Crippen molar-refractivity contribution in [2.24, 2.45) is 0 Å². The number of benzene rings is 1. The highest BCUT2D eigenvalue weighted by molar-refractivity contribution is 7.22. The van der Waals surface area contributed by atoms with Gasteiger partial charge >= 0.3 is 0 Å². The zero-order valence-corrected chi connectivity index (χ0v) is 14.2. The van der Waals surface area contributed by atoms with Crippen LogP contribution in [0.2, 0.25) is 0 Å². The average Bonchev–Trinajstić information content (AvgIpc) is 3.18. The summed E-state index contributed by atoms with van der Waals surface area (Å²) >= 11 is 3.03. The number of carbonyl (C=O) groups is 1. The Morgan fingerprint density at radius 3 is 2.70 bits per heavy atom. The number of hydrogen-bond acceptors (Lipinski definition) is 5. The lowest BCUT2D eigenvalue weighted by Crippen LogP contribution is -2.11. The van der Waals surface area contributed by atoms with Crippen LogP contribution in [0.25, 0.3) is 9.88 Å². The molecule has 1 aromatic carbocycles. The van der Waals surface area contributed by atoms with Gasteiger partial charge in [-0.3, -0.25) is 4.79 Å². The highest BCUT2D eigenvalue weighted by Gasteiger charge is 2.16. The summed E-state index contributed by atoms with van der Waals surface area (Å²) < 4.78 is 0. The molecule has 2 heterocycles. The molecule has 4 nitrogen and oxygen atoms in total. The smallest absolute Gasteiger partial charge is 0.267 e. The maximum Gasteiger partial charge on any atom is 0.267 e. The van der Waals surface area contributed by atoms with E-state index in [2.05, 4.69) is 10.3 Å². The van der Waals surface area contributed by atoms with Crippen LogP contribution in [0.15, 0.2) is 41.8 Å². The van der Waals surface area contributed by atoms with E-state index in [0.717, 1.165) is 26.8 Å². The van der Waals surface area contributed by atoms with Gasteiger partial charge in [-0.25, -0.2) is 4.98 Å². The van der Waals surface area contributed by atoms with Crippen LogP contribution in [-0.4, -0.2) is 22.6 Å². The van der Waals surface area contributed by atoms with Crippen molar-refractivity contribution in [3.8, 4) is 9.88 Å². The number of aliphatic hydroxyl groups excluding tert-OH is 1. The first kappa shape index (κ1) is 15.9. The minimum Gasteiger partial charge on any atom is -0.396 e. The van der Waals surface area contributed by atoms with E-state index in [1.165, 1.54) is 11.3 Å². The van der Waals surface area contributed by atoms with Gasteiger partial charge in [0.25, 0.3) is 5.91 Å². The van der Waals surface area contributed by atoms with E-state index in [1.807, 2.05) is 48.7 Å². The van der Waals surface area contributed by atoms with Gasteiger partial charge in [0.05, 0.1) is 10.6 Å². The third kappa shape index (κ3) is 3.67. The Balaban J connectivity index is 1.75. The van der Waals surface area contributed by atoms with Crippen molar-refractivity contribution < 1.29 is 9.90 Å². The van der Waals surface area contributed by atoms with Crippen molar-refractivity contribution in [2.45, 2.75) is 13.3 Å². The maximum atomic E-state index is 12.5. The van der Waals surface area contributed by atoms with Gasteiger partial charge in [0.15, 0.2) is 0 Å². The molecular formula is C17H16N2O2S2. The van der Waals surface area contributed by atoms with Gasteiger partial charge < -0.3 is 10.4 Å². The van der Waals surface area contributed by atoms with Crippen LogP contribution in [-0.2, 0) is 6.42 Å². The van der Waals surface area contributed by atoms with Crippen molar-refractivity contribution in [3.63, 3.8) is 0 Å². The lowest BCUT2D eigenvalue weighted by Gasteiger charge is -2.05. The average molecular weight is 344 g/mol. The number of amides is 1. The van der Waals surface area contributed by atoms with Crippen molar-refractivity contribution in [2.75, 3.05) is 11.9 Å². The molecular weight excluding hydrogens is 328 g/mol. The first-order valence-electron chi connectivity index (χ1n) is 7.20. The largest absolute Gasteiger partial charge is 0.396 e. The number of anilines is 1. The Morgan fingerprint density at radius 2 is 2.04 bits per heavy atom. The predicted octanol–water partition coefficient (Wildman–Crippen LogP) is 3.97. The van der Waals surface area contributed by atoms with Crippen LogP contribution in [0, 0.1) is 6.92 Å². The highest BCUT2D eigenvalue weighted by atomic mass is 32.1. The Labute approximate surface area is 142 Å². The predicted molar refractivity (Wildman–Crippen MR) is 95.3 cm³/mol. The van der Waals surface area contributed by atoms with Crippen LogP contribution < -0.4 is 5.32 Å². The second kappa shape index (κ2) is 7.04. The SMILES string of the molecule is Cc1nc(-c2cccs2)sc1C(=O)Nc1ccc(CCO)cc1. The molecule has 2 aromatic heterocycles. The summed E-state index contributed by atoms with van der Waals surface area (Å²) in [7, 11) is 0. The van der Waals surface area contributed by atoms with Crippen LogP contribution in [0.4, 0.5) is 5.69 Å². The lowest BCUT2D eigenvalue weighted by molar-refractivity contribution is 0.103. The van der Waals surface area contributed by atoms with Gasteiger partial charge in [0.2, 0.25) is 0 Å². The van der Waals surface area contributed by atoms with E-state index in [-0.39, 0.29) is 12.5 Å². The van der Waals surface area contributed by atoms with E-state index in [4.69, 9.17) is 5.11 Å². The second-order valence-electron chi connectivity index (χ2n) is 5.04.